The first kappa shape index (κ1) is 18.9. The van der Waals surface area contributed by atoms with Crippen LogP contribution < -0.4 is 10.4 Å². The van der Waals surface area contributed by atoms with Crippen LogP contribution in [0.3, 0.4) is 0 Å². The van der Waals surface area contributed by atoms with Gasteiger partial charge in [0.15, 0.2) is 0 Å². The molecule has 1 heterocycles. The van der Waals surface area contributed by atoms with Gasteiger partial charge in [0.1, 0.15) is 0 Å². The van der Waals surface area contributed by atoms with Gasteiger partial charge in [-0.05, 0) is 33.4 Å². The molecule has 0 radical (unpaired) electrons. The van der Waals surface area contributed by atoms with Crippen LogP contribution in [0.1, 0.15) is 41.0 Å². The third kappa shape index (κ3) is 3.26. The number of rotatable bonds is 6. The summed E-state index contributed by atoms with van der Waals surface area (Å²) in [5, 5.41) is 15.2. The number of thioether (sulfide) groups is 1. The lowest BCUT2D eigenvalue weighted by Crippen LogP contribution is -2.64. The van der Waals surface area contributed by atoms with Crippen molar-refractivity contribution in [2.24, 2.45) is 11.8 Å². The quantitative estimate of drug-likeness (QED) is 0.741. The Morgan fingerprint density at radius 2 is 2.05 bits per heavy atom. The van der Waals surface area contributed by atoms with E-state index in [1.807, 2.05) is 34.0 Å². The number of esters is 1. The second-order valence-electron chi connectivity index (χ2n) is 5.86. The number of nitrogens with one attached hydrogen (secondary N) is 1. The molecule has 0 aromatic carbocycles. The van der Waals surface area contributed by atoms with Gasteiger partial charge in [-0.2, -0.15) is 11.8 Å². The summed E-state index contributed by atoms with van der Waals surface area (Å²) in [6.07, 6.45) is 2.49. The summed E-state index contributed by atoms with van der Waals surface area (Å²) < 4.78 is 5.11. The molecule has 6 heteroatoms. The van der Waals surface area contributed by atoms with Crippen LogP contribution in [0.4, 0.5) is 0 Å². The second-order valence-corrected chi connectivity index (χ2v) is 7.03. The van der Waals surface area contributed by atoms with Gasteiger partial charge < -0.3 is 20.0 Å². The molecular formula is C16H26NO4S-. The normalized spacial score (nSPS) is 29.7. The maximum atomic E-state index is 12.3. The maximum absolute atomic E-state index is 12.3. The largest absolute Gasteiger partial charge is 0.550 e. The van der Waals surface area contributed by atoms with Gasteiger partial charge in [-0.15, -0.1) is 0 Å². The molecule has 4 atom stereocenters. The van der Waals surface area contributed by atoms with Gasteiger partial charge in [0.25, 0.3) is 0 Å². The molecule has 1 N–H and O–H groups in total. The molecule has 0 saturated heterocycles. The number of carboxylic acids is 1. The van der Waals surface area contributed by atoms with Crippen LogP contribution in [0.2, 0.25) is 0 Å². The van der Waals surface area contributed by atoms with Crippen molar-refractivity contribution < 1.29 is 19.4 Å². The zero-order chi connectivity index (χ0) is 17.1. The van der Waals surface area contributed by atoms with Gasteiger partial charge in [0, 0.05) is 28.8 Å². The fourth-order valence-corrected chi connectivity index (χ4v) is 4.07. The molecule has 0 aromatic rings. The fourth-order valence-electron chi connectivity index (χ4n) is 3.37. The molecule has 0 bridgehead atoms. The number of carbonyl (C=O) groups excluding carboxylic acids is 2. The van der Waals surface area contributed by atoms with E-state index < -0.39 is 29.3 Å². The predicted molar refractivity (Wildman–Crippen MR) is 86.1 cm³/mol. The SMILES string of the molecule is CCOC(=O)C1=C(C)NC(C)(C(C)SC)C(C(=O)[O-])C1CC. The number of ether oxygens (including phenoxy) is 1. The average Bonchev–Trinajstić information content (AvgIpc) is 2.44. The van der Waals surface area contributed by atoms with E-state index in [4.69, 9.17) is 4.74 Å². The van der Waals surface area contributed by atoms with E-state index in [1.54, 1.807) is 18.7 Å². The van der Waals surface area contributed by atoms with Crippen molar-refractivity contribution >= 4 is 23.7 Å². The van der Waals surface area contributed by atoms with Crippen LogP contribution in [0, 0.1) is 11.8 Å². The summed E-state index contributed by atoms with van der Waals surface area (Å²) in [6.45, 7) is 9.58. The Morgan fingerprint density at radius 3 is 2.45 bits per heavy atom. The lowest BCUT2D eigenvalue weighted by atomic mass is 9.68. The van der Waals surface area contributed by atoms with E-state index in [9.17, 15) is 14.7 Å². The molecule has 5 nitrogen and oxygen atoms in total. The fraction of sp³-hybridized carbons (Fsp3) is 0.750. The molecule has 0 saturated carbocycles. The Bertz CT molecular complexity index is 477. The number of hydrogen-bond acceptors (Lipinski definition) is 6. The summed E-state index contributed by atoms with van der Waals surface area (Å²) in [5.41, 5.74) is 0.453. The van der Waals surface area contributed by atoms with Gasteiger partial charge in [0.2, 0.25) is 0 Å². The van der Waals surface area contributed by atoms with Gasteiger partial charge >= 0.3 is 5.97 Å². The highest BCUT2D eigenvalue weighted by Crippen LogP contribution is 2.42. The average molecular weight is 328 g/mol. The molecule has 4 unspecified atom stereocenters. The van der Waals surface area contributed by atoms with Crippen molar-refractivity contribution in [1.82, 2.24) is 5.32 Å². The Balaban J connectivity index is 3.42. The van der Waals surface area contributed by atoms with E-state index in [-0.39, 0.29) is 11.9 Å². The van der Waals surface area contributed by atoms with Crippen LogP contribution in [0.5, 0.6) is 0 Å². The van der Waals surface area contributed by atoms with Crippen LogP contribution in [0.25, 0.3) is 0 Å². The van der Waals surface area contributed by atoms with Crippen molar-refractivity contribution in [3.05, 3.63) is 11.3 Å². The van der Waals surface area contributed by atoms with Crippen LogP contribution >= 0.6 is 11.8 Å². The molecule has 0 spiro atoms. The van der Waals surface area contributed by atoms with Crippen molar-refractivity contribution in [3.63, 3.8) is 0 Å². The maximum Gasteiger partial charge on any atom is 0.336 e. The Morgan fingerprint density at radius 1 is 1.45 bits per heavy atom. The van der Waals surface area contributed by atoms with Crippen molar-refractivity contribution in [1.29, 1.82) is 0 Å². The Kier molecular flexibility index (Phi) is 6.35. The molecular weight excluding hydrogens is 302 g/mol. The zero-order valence-electron chi connectivity index (χ0n) is 14.2. The minimum Gasteiger partial charge on any atom is -0.550 e. The topological polar surface area (TPSA) is 78.5 Å². The molecule has 0 aromatic heterocycles. The lowest BCUT2D eigenvalue weighted by molar-refractivity contribution is -0.315. The summed E-state index contributed by atoms with van der Waals surface area (Å²) in [4.78, 5) is 24.1. The first-order valence-electron chi connectivity index (χ1n) is 7.64. The molecule has 0 fully saturated rings. The van der Waals surface area contributed by atoms with Crippen molar-refractivity contribution in [2.45, 2.75) is 51.8 Å². The van der Waals surface area contributed by atoms with Gasteiger partial charge in [-0.1, -0.05) is 13.8 Å². The van der Waals surface area contributed by atoms with Gasteiger partial charge in [0.05, 0.1) is 17.7 Å². The third-order valence-corrected chi connectivity index (χ3v) is 5.86. The van der Waals surface area contributed by atoms with Crippen LogP contribution in [0.15, 0.2) is 11.3 Å². The number of aliphatic carboxylic acids is 1. The van der Waals surface area contributed by atoms with Crippen molar-refractivity contribution in [3.8, 4) is 0 Å². The molecule has 0 aliphatic carbocycles. The highest BCUT2D eigenvalue weighted by atomic mass is 32.2. The molecule has 1 aliphatic rings. The summed E-state index contributed by atoms with van der Waals surface area (Å²) in [5.74, 6) is -2.77. The van der Waals surface area contributed by atoms with E-state index in [0.29, 0.717) is 17.7 Å². The van der Waals surface area contributed by atoms with E-state index in [1.165, 1.54) is 0 Å². The van der Waals surface area contributed by atoms with E-state index in [0.717, 1.165) is 0 Å². The third-order valence-electron chi connectivity index (χ3n) is 4.67. The second kappa shape index (κ2) is 7.40. The lowest BCUT2D eigenvalue weighted by Gasteiger charge is -2.51. The predicted octanol–water partition coefficient (Wildman–Crippen LogP) is 1.33. The first-order chi connectivity index (χ1) is 10.2. The minimum atomic E-state index is -1.13. The highest BCUT2D eigenvalue weighted by molar-refractivity contribution is 7.99. The number of allylic oxidation sites excluding steroid dienone is 1. The zero-order valence-corrected chi connectivity index (χ0v) is 15.0. The van der Waals surface area contributed by atoms with Gasteiger partial charge in [-0.25, -0.2) is 4.79 Å². The van der Waals surface area contributed by atoms with Crippen LogP contribution in [-0.2, 0) is 14.3 Å². The minimum absolute atomic E-state index is 0.0446. The Labute approximate surface area is 136 Å². The highest BCUT2D eigenvalue weighted by Gasteiger charge is 2.49. The number of hydrogen-bond donors (Lipinski definition) is 1. The monoisotopic (exact) mass is 328 g/mol. The van der Waals surface area contributed by atoms with E-state index in [2.05, 4.69) is 5.32 Å². The number of carboxylic acid groups (broad SMARTS) is 1. The Hall–Kier alpha value is -1.17. The molecule has 22 heavy (non-hydrogen) atoms. The summed E-state index contributed by atoms with van der Waals surface area (Å²) >= 11 is 1.59. The number of carbonyl (C=O) groups is 2. The molecule has 0 amide bonds. The van der Waals surface area contributed by atoms with Gasteiger partial charge in [-0.3, -0.25) is 0 Å². The molecule has 1 aliphatic heterocycles. The summed E-state index contributed by atoms with van der Waals surface area (Å²) in [6, 6.07) is 0. The molecule has 126 valence electrons. The van der Waals surface area contributed by atoms with Crippen molar-refractivity contribution in [2.75, 3.05) is 12.9 Å². The van der Waals surface area contributed by atoms with Crippen LogP contribution in [-0.4, -0.2) is 35.6 Å². The first-order valence-corrected chi connectivity index (χ1v) is 8.92. The smallest absolute Gasteiger partial charge is 0.336 e. The standard InChI is InChI=1S/C16H27NO4S/c1-7-11-12(15(20)21-8-2)9(3)17-16(5,10(4)22-6)13(11)14(18)19/h10-11,13,17H,7-8H2,1-6H3,(H,18,19)/p-1. The van der Waals surface area contributed by atoms with E-state index >= 15 is 0 Å². The summed E-state index contributed by atoms with van der Waals surface area (Å²) in [7, 11) is 0. The molecule has 1 rings (SSSR count).